The van der Waals surface area contributed by atoms with Crippen LogP contribution in [0.15, 0.2) is 0 Å². The monoisotopic (exact) mass is 290 g/mol. The first-order valence-corrected chi connectivity index (χ1v) is 9.65. The molecule has 2 atom stereocenters. The highest BCUT2D eigenvalue weighted by Crippen LogP contribution is 2.61. The first-order chi connectivity index (χ1) is 10.2. The summed E-state index contributed by atoms with van der Waals surface area (Å²) in [4.78, 5) is 2.70. The Labute approximate surface area is 130 Å². The number of nitrogens with two attached hydrogens (primary N) is 1. The molecular formula is C19H34N2. The van der Waals surface area contributed by atoms with Crippen LogP contribution in [0.2, 0.25) is 0 Å². The molecule has 2 N–H and O–H groups in total. The largest absolute Gasteiger partial charge is 0.326 e. The molecule has 120 valence electrons. The van der Waals surface area contributed by atoms with Crippen LogP contribution in [0.4, 0.5) is 0 Å². The van der Waals surface area contributed by atoms with E-state index < -0.39 is 0 Å². The summed E-state index contributed by atoms with van der Waals surface area (Å²) in [5.74, 6) is 4.06. The zero-order chi connectivity index (χ0) is 14.4. The molecule has 1 heterocycles. The smallest absolute Gasteiger partial charge is 0.0225 e. The molecule has 21 heavy (non-hydrogen) atoms. The molecule has 5 fully saturated rings. The van der Waals surface area contributed by atoms with Gasteiger partial charge >= 0.3 is 0 Å². The van der Waals surface area contributed by atoms with E-state index in [1.54, 1.807) is 0 Å². The molecule has 1 saturated heterocycles. The van der Waals surface area contributed by atoms with Crippen LogP contribution in [0.25, 0.3) is 0 Å². The Balaban J connectivity index is 1.38. The molecule has 4 saturated carbocycles. The van der Waals surface area contributed by atoms with E-state index in [1.807, 2.05) is 0 Å². The van der Waals surface area contributed by atoms with Gasteiger partial charge in [-0.25, -0.2) is 0 Å². The average molecular weight is 290 g/mol. The van der Waals surface area contributed by atoms with Gasteiger partial charge in [-0.05, 0) is 87.0 Å². The van der Waals surface area contributed by atoms with Crippen molar-refractivity contribution in [2.75, 3.05) is 19.6 Å². The van der Waals surface area contributed by atoms with Crippen molar-refractivity contribution in [3.63, 3.8) is 0 Å². The van der Waals surface area contributed by atoms with E-state index in [1.165, 1.54) is 77.4 Å². The molecule has 0 radical (unpaired) electrons. The number of rotatable bonds is 5. The molecule has 4 bridgehead atoms. The SMILES string of the molecule is CCCC1CCN(CC(N)C23CC4CC(CC(C4)C2)C3)C1. The second-order valence-electron chi connectivity index (χ2n) is 9.09. The summed E-state index contributed by atoms with van der Waals surface area (Å²) >= 11 is 0. The molecule has 0 aromatic rings. The predicted octanol–water partition coefficient (Wildman–Crippen LogP) is 3.65. The summed E-state index contributed by atoms with van der Waals surface area (Å²) in [6.45, 7) is 6.15. The Kier molecular flexibility index (Phi) is 3.82. The molecule has 5 rings (SSSR count). The highest BCUT2D eigenvalue weighted by Gasteiger charge is 2.53. The minimum absolute atomic E-state index is 0.450. The van der Waals surface area contributed by atoms with Crippen LogP contribution in [0.1, 0.15) is 64.7 Å². The molecule has 5 aliphatic rings. The van der Waals surface area contributed by atoms with Gasteiger partial charge in [0.15, 0.2) is 0 Å². The van der Waals surface area contributed by atoms with Crippen molar-refractivity contribution in [3.05, 3.63) is 0 Å². The minimum Gasteiger partial charge on any atom is -0.326 e. The molecule has 4 aliphatic carbocycles. The number of likely N-dealkylation sites (tertiary alicyclic amines) is 1. The van der Waals surface area contributed by atoms with E-state index in [4.69, 9.17) is 5.73 Å². The fraction of sp³-hybridized carbons (Fsp3) is 1.00. The second kappa shape index (κ2) is 5.53. The van der Waals surface area contributed by atoms with Crippen LogP contribution >= 0.6 is 0 Å². The standard InChI is InChI=1S/C19H34N2/c1-2-3-14-4-5-21(12-14)13-18(20)19-9-15-6-16(10-19)8-17(7-15)11-19/h14-18H,2-13,20H2,1H3. The highest BCUT2D eigenvalue weighted by atomic mass is 15.2. The van der Waals surface area contributed by atoms with E-state index in [0.29, 0.717) is 11.5 Å². The van der Waals surface area contributed by atoms with Crippen LogP contribution < -0.4 is 5.73 Å². The Morgan fingerprint density at radius 3 is 2.29 bits per heavy atom. The first kappa shape index (κ1) is 14.5. The molecule has 1 aliphatic heterocycles. The van der Waals surface area contributed by atoms with E-state index >= 15 is 0 Å². The van der Waals surface area contributed by atoms with E-state index in [0.717, 1.165) is 23.7 Å². The van der Waals surface area contributed by atoms with Gasteiger partial charge in [-0.1, -0.05) is 13.3 Å². The lowest BCUT2D eigenvalue weighted by Crippen LogP contribution is -2.57. The summed E-state index contributed by atoms with van der Waals surface area (Å²) in [5, 5.41) is 0. The van der Waals surface area contributed by atoms with E-state index in [9.17, 15) is 0 Å². The average Bonchev–Trinajstić information content (AvgIpc) is 2.85. The topological polar surface area (TPSA) is 29.3 Å². The molecule has 0 amide bonds. The Morgan fingerprint density at radius 2 is 1.71 bits per heavy atom. The molecule has 0 aromatic heterocycles. The van der Waals surface area contributed by atoms with Gasteiger partial charge in [0.1, 0.15) is 0 Å². The van der Waals surface area contributed by atoms with Gasteiger partial charge in [-0.2, -0.15) is 0 Å². The fourth-order valence-corrected chi connectivity index (χ4v) is 6.83. The Morgan fingerprint density at radius 1 is 1.10 bits per heavy atom. The van der Waals surface area contributed by atoms with Crippen LogP contribution in [0.3, 0.4) is 0 Å². The lowest BCUT2D eigenvalue weighted by atomic mass is 9.48. The third kappa shape index (κ3) is 2.67. The third-order valence-electron chi connectivity index (χ3n) is 7.39. The zero-order valence-electron chi connectivity index (χ0n) is 13.9. The van der Waals surface area contributed by atoms with Crippen molar-refractivity contribution >= 4 is 0 Å². The predicted molar refractivity (Wildman–Crippen MR) is 88.0 cm³/mol. The molecule has 2 unspecified atom stereocenters. The Hall–Kier alpha value is -0.0800. The first-order valence-electron chi connectivity index (χ1n) is 9.65. The maximum atomic E-state index is 6.83. The summed E-state index contributed by atoms with van der Waals surface area (Å²) in [6.07, 6.45) is 13.2. The quantitative estimate of drug-likeness (QED) is 0.837. The third-order valence-corrected chi connectivity index (χ3v) is 7.39. The van der Waals surface area contributed by atoms with Crippen LogP contribution in [-0.4, -0.2) is 30.6 Å². The van der Waals surface area contributed by atoms with Crippen molar-refractivity contribution in [2.45, 2.75) is 70.8 Å². The van der Waals surface area contributed by atoms with E-state index in [-0.39, 0.29) is 0 Å². The van der Waals surface area contributed by atoms with Crippen molar-refractivity contribution < 1.29 is 0 Å². The zero-order valence-corrected chi connectivity index (χ0v) is 13.9. The highest BCUT2D eigenvalue weighted by molar-refractivity contribution is 5.06. The van der Waals surface area contributed by atoms with Gasteiger partial charge < -0.3 is 10.6 Å². The minimum atomic E-state index is 0.450. The van der Waals surface area contributed by atoms with Crippen molar-refractivity contribution in [1.29, 1.82) is 0 Å². The number of nitrogens with zero attached hydrogens (tertiary/aromatic N) is 1. The Bertz CT molecular complexity index is 342. The summed E-state index contributed by atoms with van der Waals surface area (Å²) in [7, 11) is 0. The lowest BCUT2D eigenvalue weighted by molar-refractivity contribution is -0.0708. The fourth-order valence-electron chi connectivity index (χ4n) is 6.83. The van der Waals surface area contributed by atoms with Gasteiger partial charge in [-0.3, -0.25) is 0 Å². The van der Waals surface area contributed by atoms with E-state index in [2.05, 4.69) is 11.8 Å². The van der Waals surface area contributed by atoms with Gasteiger partial charge in [0.25, 0.3) is 0 Å². The van der Waals surface area contributed by atoms with Gasteiger partial charge in [0.2, 0.25) is 0 Å². The molecular weight excluding hydrogens is 256 g/mol. The maximum Gasteiger partial charge on any atom is 0.0225 e. The summed E-state index contributed by atoms with van der Waals surface area (Å²) in [6, 6.07) is 0.450. The van der Waals surface area contributed by atoms with Gasteiger partial charge in [0, 0.05) is 19.1 Å². The van der Waals surface area contributed by atoms with Crippen molar-refractivity contribution in [3.8, 4) is 0 Å². The number of hydrogen-bond acceptors (Lipinski definition) is 2. The van der Waals surface area contributed by atoms with Crippen LogP contribution in [0, 0.1) is 29.1 Å². The van der Waals surface area contributed by atoms with Gasteiger partial charge in [0.05, 0.1) is 0 Å². The summed E-state index contributed by atoms with van der Waals surface area (Å²) in [5.41, 5.74) is 7.37. The molecule has 2 nitrogen and oxygen atoms in total. The normalized spacial score (nSPS) is 47.1. The molecule has 2 heteroatoms. The van der Waals surface area contributed by atoms with Crippen molar-refractivity contribution in [2.24, 2.45) is 34.8 Å². The maximum absolute atomic E-state index is 6.83. The second-order valence-corrected chi connectivity index (χ2v) is 9.09. The number of hydrogen-bond donors (Lipinski definition) is 1. The molecule has 0 spiro atoms. The van der Waals surface area contributed by atoms with Crippen molar-refractivity contribution in [1.82, 2.24) is 4.90 Å². The lowest BCUT2D eigenvalue weighted by Gasteiger charge is -2.59. The van der Waals surface area contributed by atoms with Gasteiger partial charge in [-0.15, -0.1) is 0 Å². The summed E-state index contributed by atoms with van der Waals surface area (Å²) < 4.78 is 0. The van der Waals surface area contributed by atoms with Crippen LogP contribution in [-0.2, 0) is 0 Å². The molecule has 0 aromatic carbocycles. The van der Waals surface area contributed by atoms with Crippen LogP contribution in [0.5, 0.6) is 0 Å².